The standard InChI is InChI=1S/C31H53N3O4/c1-10-12-13-14-15-16-18-34(29(36)25(6)33-30(37)38-31(7,8)9)27(28(35)32-24(5)17-11-2)26-20-22(3)19-23(4)21-26/h19-21,24-25,27H,10-18H2,1-9H3,(H,32,35)(H,33,37). The third-order valence-corrected chi connectivity index (χ3v) is 6.37. The summed E-state index contributed by atoms with van der Waals surface area (Å²) in [5.41, 5.74) is 2.17. The number of nitrogens with one attached hydrogen (secondary N) is 2. The summed E-state index contributed by atoms with van der Waals surface area (Å²) < 4.78 is 5.38. The van der Waals surface area contributed by atoms with Gasteiger partial charge in [-0.1, -0.05) is 81.7 Å². The van der Waals surface area contributed by atoms with Gasteiger partial charge in [0.15, 0.2) is 0 Å². The Morgan fingerprint density at radius 1 is 0.868 bits per heavy atom. The van der Waals surface area contributed by atoms with E-state index in [-0.39, 0.29) is 17.9 Å². The van der Waals surface area contributed by atoms with Crippen molar-refractivity contribution >= 4 is 17.9 Å². The molecule has 1 aromatic carbocycles. The molecule has 0 bridgehead atoms. The summed E-state index contributed by atoms with van der Waals surface area (Å²) in [6.45, 7) is 17.7. The molecule has 216 valence electrons. The van der Waals surface area contributed by atoms with Gasteiger partial charge in [0.1, 0.15) is 17.7 Å². The molecule has 0 aliphatic carbocycles. The van der Waals surface area contributed by atoms with Crippen LogP contribution in [0.3, 0.4) is 0 Å². The normalized spacial score (nSPS) is 13.8. The van der Waals surface area contributed by atoms with Gasteiger partial charge in [-0.05, 0) is 66.9 Å². The number of aryl methyl sites for hydroxylation is 2. The van der Waals surface area contributed by atoms with Gasteiger partial charge in [-0.2, -0.15) is 0 Å². The van der Waals surface area contributed by atoms with Crippen molar-refractivity contribution in [2.45, 2.75) is 137 Å². The van der Waals surface area contributed by atoms with Crippen molar-refractivity contribution in [1.29, 1.82) is 0 Å². The Hall–Kier alpha value is -2.57. The fraction of sp³-hybridized carbons (Fsp3) is 0.710. The maximum Gasteiger partial charge on any atom is 0.408 e. The molecule has 3 unspecified atom stereocenters. The van der Waals surface area contributed by atoms with Gasteiger partial charge in [-0.25, -0.2) is 4.79 Å². The number of hydrogen-bond donors (Lipinski definition) is 2. The van der Waals surface area contributed by atoms with Crippen molar-refractivity contribution in [1.82, 2.24) is 15.5 Å². The molecule has 38 heavy (non-hydrogen) atoms. The zero-order chi connectivity index (χ0) is 28.9. The van der Waals surface area contributed by atoms with Crippen LogP contribution < -0.4 is 10.6 Å². The van der Waals surface area contributed by atoms with Gasteiger partial charge in [0.05, 0.1) is 0 Å². The number of unbranched alkanes of at least 4 members (excludes halogenated alkanes) is 5. The SMILES string of the molecule is CCCCCCCCN(C(=O)C(C)NC(=O)OC(C)(C)C)C(C(=O)NC(C)CCC)c1cc(C)cc(C)c1. The first-order chi connectivity index (χ1) is 17.8. The van der Waals surface area contributed by atoms with Crippen molar-refractivity contribution in [3.63, 3.8) is 0 Å². The van der Waals surface area contributed by atoms with E-state index in [4.69, 9.17) is 4.74 Å². The second kappa shape index (κ2) is 16.4. The van der Waals surface area contributed by atoms with E-state index in [0.717, 1.165) is 55.2 Å². The smallest absolute Gasteiger partial charge is 0.408 e. The van der Waals surface area contributed by atoms with E-state index in [9.17, 15) is 14.4 Å². The Morgan fingerprint density at radius 3 is 2.00 bits per heavy atom. The summed E-state index contributed by atoms with van der Waals surface area (Å²) in [5.74, 6) is -0.494. The number of hydrogen-bond acceptors (Lipinski definition) is 4. The van der Waals surface area contributed by atoms with Gasteiger partial charge in [0.25, 0.3) is 0 Å². The third kappa shape index (κ3) is 12.3. The van der Waals surface area contributed by atoms with Crippen LogP contribution in [0.2, 0.25) is 0 Å². The molecule has 0 fully saturated rings. The van der Waals surface area contributed by atoms with Crippen molar-refractivity contribution in [3.05, 3.63) is 34.9 Å². The second-order valence-electron chi connectivity index (χ2n) is 11.7. The van der Waals surface area contributed by atoms with Crippen molar-refractivity contribution in [3.8, 4) is 0 Å². The topological polar surface area (TPSA) is 87.7 Å². The maximum absolute atomic E-state index is 13.9. The van der Waals surface area contributed by atoms with E-state index in [1.807, 2.05) is 32.9 Å². The molecule has 7 nitrogen and oxygen atoms in total. The number of carbonyl (C=O) groups is 3. The molecule has 3 amide bonds. The fourth-order valence-electron chi connectivity index (χ4n) is 4.69. The summed E-state index contributed by atoms with van der Waals surface area (Å²) in [4.78, 5) is 41.8. The molecular weight excluding hydrogens is 478 g/mol. The highest BCUT2D eigenvalue weighted by Gasteiger charge is 2.35. The van der Waals surface area contributed by atoms with Gasteiger partial charge < -0.3 is 20.3 Å². The first kappa shape index (κ1) is 33.5. The van der Waals surface area contributed by atoms with Gasteiger partial charge in [-0.15, -0.1) is 0 Å². The van der Waals surface area contributed by atoms with E-state index in [2.05, 4.69) is 30.5 Å². The first-order valence-electron chi connectivity index (χ1n) is 14.5. The number of carbonyl (C=O) groups excluding carboxylic acids is 3. The Kier molecular flexibility index (Phi) is 14.4. The molecule has 0 heterocycles. The molecule has 0 aliphatic heterocycles. The molecular formula is C31H53N3O4. The number of amides is 3. The van der Waals surface area contributed by atoms with E-state index in [1.54, 1.807) is 32.6 Å². The number of ether oxygens (including phenoxy) is 1. The lowest BCUT2D eigenvalue weighted by Gasteiger charge is -2.34. The Labute approximate surface area is 231 Å². The average molecular weight is 532 g/mol. The van der Waals surface area contributed by atoms with Crippen LogP contribution in [0.4, 0.5) is 4.79 Å². The monoisotopic (exact) mass is 531 g/mol. The predicted octanol–water partition coefficient (Wildman–Crippen LogP) is 6.75. The molecule has 0 radical (unpaired) electrons. The van der Waals surface area contributed by atoms with Crippen LogP contribution in [-0.4, -0.2) is 47.0 Å². The highest BCUT2D eigenvalue weighted by Crippen LogP contribution is 2.26. The summed E-state index contributed by atoms with van der Waals surface area (Å²) in [7, 11) is 0. The zero-order valence-electron chi connectivity index (χ0n) is 25.4. The maximum atomic E-state index is 13.9. The number of rotatable bonds is 15. The second-order valence-corrected chi connectivity index (χ2v) is 11.7. The number of benzene rings is 1. The minimum Gasteiger partial charge on any atom is -0.444 e. The van der Waals surface area contributed by atoms with Crippen LogP contribution in [0, 0.1) is 13.8 Å². The molecule has 0 saturated heterocycles. The summed E-state index contributed by atoms with van der Waals surface area (Å²) in [6, 6.07) is 4.37. The summed E-state index contributed by atoms with van der Waals surface area (Å²) >= 11 is 0. The molecule has 7 heteroatoms. The van der Waals surface area contributed by atoms with Gasteiger partial charge >= 0.3 is 6.09 Å². The lowest BCUT2D eigenvalue weighted by Crippen LogP contribution is -2.52. The molecule has 0 spiro atoms. The van der Waals surface area contributed by atoms with Crippen LogP contribution in [0.1, 0.15) is 123 Å². The number of nitrogens with zero attached hydrogens (tertiary/aromatic N) is 1. The minimum atomic E-state index is -0.848. The predicted molar refractivity (Wildman–Crippen MR) is 155 cm³/mol. The van der Waals surface area contributed by atoms with Gasteiger partial charge in [0, 0.05) is 12.6 Å². The molecule has 1 rings (SSSR count). The van der Waals surface area contributed by atoms with E-state index in [1.165, 1.54) is 12.8 Å². The zero-order valence-corrected chi connectivity index (χ0v) is 25.4. The van der Waals surface area contributed by atoms with E-state index in [0.29, 0.717) is 6.54 Å². The summed E-state index contributed by atoms with van der Waals surface area (Å²) in [5, 5.41) is 5.82. The van der Waals surface area contributed by atoms with Crippen molar-refractivity contribution in [2.24, 2.45) is 0 Å². The van der Waals surface area contributed by atoms with Gasteiger partial charge in [0.2, 0.25) is 11.8 Å². The average Bonchev–Trinajstić information content (AvgIpc) is 2.78. The fourth-order valence-corrected chi connectivity index (χ4v) is 4.69. The van der Waals surface area contributed by atoms with Crippen molar-refractivity contribution in [2.75, 3.05) is 6.54 Å². The lowest BCUT2D eigenvalue weighted by molar-refractivity contribution is -0.142. The van der Waals surface area contributed by atoms with Crippen LogP contribution in [0.5, 0.6) is 0 Å². The van der Waals surface area contributed by atoms with E-state index >= 15 is 0 Å². The largest absolute Gasteiger partial charge is 0.444 e. The number of alkyl carbamates (subject to hydrolysis) is 1. The van der Waals surface area contributed by atoms with Crippen molar-refractivity contribution < 1.29 is 19.1 Å². The highest BCUT2D eigenvalue weighted by atomic mass is 16.6. The molecule has 1 aromatic rings. The lowest BCUT2D eigenvalue weighted by atomic mass is 9.97. The third-order valence-electron chi connectivity index (χ3n) is 6.37. The molecule has 0 saturated carbocycles. The Balaban J connectivity index is 3.35. The van der Waals surface area contributed by atoms with E-state index < -0.39 is 23.8 Å². The van der Waals surface area contributed by atoms with Crippen LogP contribution in [0.25, 0.3) is 0 Å². The minimum absolute atomic E-state index is 0.00999. The van der Waals surface area contributed by atoms with Crippen LogP contribution in [0.15, 0.2) is 18.2 Å². The quantitative estimate of drug-likeness (QED) is 0.245. The Morgan fingerprint density at radius 2 is 1.45 bits per heavy atom. The summed E-state index contributed by atoms with van der Waals surface area (Å²) in [6.07, 6.45) is 7.54. The first-order valence-corrected chi connectivity index (χ1v) is 14.5. The molecule has 0 aromatic heterocycles. The molecule has 2 N–H and O–H groups in total. The van der Waals surface area contributed by atoms with Crippen LogP contribution >= 0.6 is 0 Å². The highest BCUT2D eigenvalue weighted by molar-refractivity contribution is 5.92. The molecule has 3 atom stereocenters. The van der Waals surface area contributed by atoms with Crippen LogP contribution in [-0.2, 0) is 14.3 Å². The Bertz CT molecular complexity index is 873. The van der Waals surface area contributed by atoms with Gasteiger partial charge in [-0.3, -0.25) is 9.59 Å². The molecule has 0 aliphatic rings.